The van der Waals surface area contributed by atoms with Crippen LogP contribution in [0.4, 0.5) is 0 Å². The van der Waals surface area contributed by atoms with E-state index in [9.17, 15) is 5.11 Å². The summed E-state index contributed by atoms with van der Waals surface area (Å²) in [6, 6.07) is 7.21. The zero-order chi connectivity index (χ0) is 10.0. The van der Waals surface area contributed by atoms with E-state index in [1.807, 2.05) is 6.07 Å². The first-order chi connectivity index (χ1) is 6.74. The fourth-order valence-corrected chi connectivity index (χ4v) is 1.97. The predicted molar refractivity (Wildman–Crippen MR) is 51.3 cm³/mol. The molecule has 0 atom stereocenters. The highest BCUT2D eigenvalue weighted by Gasteiger charge is 2.34. The standard InChI is InChI=1S/C11H12N2O/c12-8-9-4-3-5-10(13-9)11(14)6-1-2-7-11/h3-5,14H,1-2,6-7H2. The number of rotatable bonds is 1. The van der Waals surface area contributed by atoms with Gasteiger partial charge in [-0.2, -0.15) is 5.26 Å². The Morgan fingerprint density at radius 3 is 2.71 bits per heavy atom. The number of nitriles is 1. The Morgan fingerprint density at radius 1 is 1.36 bits per heavy atom. The van der Waals surface area contributed by atoms with Gasteiger partial charge >= 0.3 is 0 Å². The minimum absolute atomic E-state index is 0.378. The maximum atomic E-state index is 10.2. The van der Waals surface area contributed by atoms with Crippen molar-refractivity contribution in [2.24, 2.45) is 0 Å². The molecular formula is C11H12N2O. The molecular weight excluding hydrogens is 176 g/mol. The summed E-state index contributed by atoms with van der Waals surface area (Å²) in [6.45, 7) is 0. The SMILES string of the molecule is N#Cc1cccc(C2(O)CCCC2)n1. The highest BCUT2D eigenvalue weighted by molar-refractivity contribution is 5.25. The van der Waals surface area contributed by atoms with Crippen molar-refractivity contribution >= 4 is 0 Å². The molecule has 3 heteroatoms. The molecule has 0 saturated heterocycles. The molecule has 1 N–H and O–H groups in total. The van der Waals surface area contributed by atoms with Crippen molar-refractivity contribution in [3.05, 3.63) is 29.6 Å². The van der Waals surface area contributed by atoms with Crippen molar-refractivity contribution in [3.63, 3.8) is 0 Å². The molecule has 1 saturated carbocycles. The maximum Gasteiger partial charge on any atom is 0.140 e. The molecule has 72 valence electrons. The largest absolute Gasteiger partial charge is 0.384 e. The first-order valence-corrected chi connectivity index (χ1v) is 4.85. The van der Waals surface area contributed by atoms with Crippen molar-refractivity contribution in [1.29, 1.82) is 5.26 Å². The molecule has 0 spiro atoms. The first-order valence-electron chi connectivity index (χ1n) is 4.85. The van der Waals surface area contributed by atoms with Crippen LogP contribution in [0.25, 0.3) is 0 Å². The third kappa shape index (κ3) is 1.49. The van der Waals surface area contributed by atoms with E-state index < -0.39 is 5.60 Å². The zero-order valence-corrected chi connectivity index (χ0v) is 7.90. The van der Waals surface area contributed by atoms with Crippen molar-refractivity contribution in [1.82, 2.24) is 4.98 Å². The second-order valence-electron chi connectivity index (χ2n) is 3.76. The van der Waals surface area contributed by atoms with E-state index in [-0.39, 0.29) is 0 Å². The van der Waals surface area contributed by atoms with Gasteiger partial charge in [-0.1, -0.05) is 18.9 Å². The Hall–Kier alpha value is -1.40. The van der Waals surface area contributed by atoms with E-state index in [1.165, 1.54) is 0 Å². The lowest BCUT2D eigenvalue weighted by molar-refractivity contribution is 0.0399. The molecule has 1 aliphatic carbocycles. The van der Waals surface area contributed by atoms with Gasteiger partial charge in [-0.05, 0) is 25.0 Å². The molecule has 1 aliphatic rings. The predicted octanol–water partition coefficient (Wildman–Crippen LogP) is 1.71. The van der Waals surface area contributed by atoms with Crippen LogP contribution in [0.3, 0.4) is 0 Å². The van der Waals surface area contributed by atoms with E-state index in [4.69, 9.17) is 5.26 Å². The van der Waals surface area contributed by atoms with Gasteiger partial charge in [0, 0.05) is 0 Å². The molecule has 0 radical (unpaired) electrons. The van der Waals surface area contributed by atoms with Gasteiger partial charge in [-0.25, -0.2) is 4.98 Å². The summed E-state index contributed by atoms with van der Waals surface area (Å²) in [7, 11) is 0. The number of nitrogens with zero attached hydrogens (tertiary/aromatic N) is 2. The van der Waals surface area contributed by atoms with Crippen LogP contribution in [0, 0.1) is 11.3 Å². The normalized spacial score (nSPS) is 19.1. The van der Waals surface area contributed by atoms with Crippen molar-refractivity contribution in [2.75, 3.05) is 0 Å². The minimum Gasteiger partial charge on any atom is -0.384 e. The number of aliphatic hydroxyl groups is 1. The average Bonchev–Trinajstić information content (AvgIpc) is 2.67. The summed E-state index contributed by atoms with van der Waals surface area (Å²) < 4.78 is 0. The third-order valence-electron chi connectivity index (χ3n) is 2.77. The zero-order valence-electron chi connectivity index (χ0n) is 7.90. The molecule has 3 nitrogen and oxygen atoms in total. The second-order valence-corrected chi connectivity index (χ2v) is 3.76. The van der Waals surface area contributed by atoms with Gasteiger partial charge < -0.3 is 5.11 Å². The number of hydrogen-bond acceptors (Lipinski definition) is 3. The number of hydrogen-bond donors (Lipinski definition) is 1. The van der Waals surface area contributed by atoms with E-state index in [0.717, 1.165) is 25.7 Å². The van der Waals surface area contributed by atoms with Crippen LogP contribution < -0.4 is 0 Å². The molecule has 0 unspecified atom stereocenters. The molecule has 1 heterocycles. The molecule has 1 aromatic rings. The molecule has 0 aromatic carbocycles. The van der Waals surface area contributed by atoms with E-state index in [0.29, 0.717) is 11.4 Å². The van der Waals surface area contributed by atoms with Crippen molar-refractivity contribution < 1.29 is 5.11 Å². The molecule has 0 bridgehead atoms. The number of pyridine rings is 1. The van der Waals surface area contributed by atoms with Crippen LogP contribution >= 0.6 is 0 Å². The van der Waals surface area contributed by atoms with Crippen LogP contribution in [0.1, 0.15) is 37.1 Å². The first kappa shape index (κ1) is 9.17. The Kier molecular flexibility index (Phi) is 2.22. The minimum atomic E-state index is -0.785. The Morgan fingerprint density at radius 2 is 2.07 bits per heavy atom. The highest BCUT2D eigenvalue weighted by atomic mass is 16.3. The Labute approximate surface area is 83.0 Å². The smallest absolute Gasteiger partial charge is 0.140 e. The van der Waals surface area contributed by atoms with Gasteiger partial charge in [0.1, 0.15) is 17.4 Å². The summed E-state index contributed by atoms with van der Waals surface area (Å²) in [6.07, 6.45) is 3.59. The summed E-state index contributed by atoms with van der Waals surface area (Å²) in [4.78, 5) is 4.13. The van der Waals surface area contributed by atoms with E-state index >= 15 is 0 Å². The molecule has 1 fully saturated rings. The quantitative estimate of drug-likeness (QED) is 0.730. The van der Waals surface area contributed by atoms with Gasteiger partial charge in [0.15, 0.2) is 0 Å². The van der Waals surface area contributed by atoms with E-state index in [2.05, 4.69) is 4.98 Å². The molecule has 0 amide bonds. The Balaban J connectivity index is 2.36. The lowest BCUT2D eigenvalue weighted by Crippen LogP contribution is -2.22. The summed E-state index contributed by atoms with van der Waals surface area (Å²) in [5.74, 6) is 0. The van der Waals surface area contributed by atoms with Crippen LogP contribution in [0.5, 0.6) is 0 Å². The molecule has 0 aliphatic heterocycles. The second kappa shape index (κ2) is 3.39. The topological polar surface area (TPSA) is 56.9 Å². The lowest BCUT2D eigenvalue weighted by Gasteiger charge is -2.21. The van der Waals surface area contributed by atoms with Gasteiger partial charge in [0.2, 0.25) is 0 Å². The summed E-state index contributed by atoms with van der Waals surface area (Å²) >= 11 is 0. The molecule has 1 aromatic heterocycles. The lowest BCUT2D eigenvalue weighted by atomic mass is 9.97. The van der Waals surface area contributed by atoms with Gasteiger partial charge in [-0.3, -0.25) is 0 Å². The van der Waals surface area contributed by atoms with Crippen molar-refractivity contribution in [3.8, 4) is 6.07 Å². The molecule has 14 heavy (non-hydrogen) atoms. The fraction of sp³-hybridized carbons (Fsp3) is 0.455. The number of aromatic nitrogens is 1. The summed E-state index contributed by atoms with van der Waals surface area (Å²) in [5, 5.41) is 18.9. The van der Waals surface area contributed by atoms with E-state index in [1.54, 1.807) is 18.2 Å². The monoisotopic (exact) mass is 188 g/mol. The highest BCUT2D eigenvalue weighted by Crippen LogP contribution is 2.37. The van der Waals surface area contributed by atoms with Crippen molar-refractivity contribution in [2.45, 2.75) is 31.3 Å². The van der Waals surface area contributed by atoms with Gasteiger partial charge in [0.25, 0.3) is 0 Å². The molecule has 2 rings (SSSR count). The van der Waals surface area contributed by atoms with Crippen LogP contribution in [-0.4, -0.2) is 10.1 Å². The van der Waals surface area contributed by atoms with Crippen LogP contribution in [-0.2, 0) is 5.60 Å². The maximum absolute atomic E-state index is 10.2. The van der Waals surface area contributed by atoms with Crippen LogP contribution in [0.15, 0.2) is 18.2 Å². The third-order valence-corrected chi connectivity index (χ3v) is 2.77. The summed E-state index contributed by atoms with van der Waals surface area (Å²) in [5.41, 5.74) is 0.240. The average molecular weight is 188 g/mol. The fourth-order valence-electron chi connectivity index (χ4n) is 1.97. The Bertz CT molecular complexity index is 375. The van der Waals surface area contributed by atoms with Gasteiger partial charge in [-0.15, -0.1) is 0 Å². The van der Waals surface area contributed by atoms with Gasteiger partial charge in [0.05, 0.1) is 5.69 Å². The van der Waals surface area contributed by atoms with Crippen LogP contribution in [0.2, 0.25) is 0 Å².